The summed E-state index contributed by atoms with van der Waals surface area (Å²) in [7, 11) is 0. The van der Waals surface area contributed by atoms with E-state index in [4.69, 9.17) is 16.6 Å². The first-order chi connectivity index (χ1) is 19.6. The van der Waals surface area contributed by atoms with Crippen molar-refractivity contribution in [2.45, 2.75) is 56.8 Å². The summed E-state index contributed by atoms with van der Waals surface area (Å²) in [6.45, 7) is 3.66. The number of hydrogen-bond donors (Lipinski definition) is 2. The van der Waals surface area contributed by atoms with Crippen LogP contribution in [-0.2, 0) is 16.8 Å². The molecule has 0 unspecified atom stereocenters. The predicted molar refractivity (Wildman–Crippen MR) is 179 cm³/mol. The zero-order valence-electron chi connectivity index (χ0n) is 26.2. The molecule has 0 bridgehead atoms. The fourth-order valence-electron chi connectivity index (χ4n) is 5.36. The van der Waals surface area contributed by atoms with Crippen LogP contribution < -0.4 is 0 Å². The minimum absolute atomic E-state index is 0. The van der Waals surface area contributed by atoms with Crippen molar-refractivity contribution >= 4 is 90.1 Å². The quantitative estimate of drug-likeness (QED) is 0.154. The Hall–Kier alpha value is -1.86. The molecule has 0 amide bonds. The molecule has 3 aromatic carbocycles. The van der Waals surface area contributed by atoms with Gasteiger partial charge in [-0.25, -0.2) is 4.98 Å². The first-order valence-electron chi connectivity index (χ1n) is 14.1. The molecule has 1 atom stereocenters. The van der Waals surface area contributed by atoms with Gasteiger partial charge in [-0.05, 0) is 91.5 Å². The van der Waals surface area contributed by atoms with Gasteiger partial charge in [-0.15, -0.1) is 0 Å². The summed E-state index contributed by atoms with van der Waals surface area (Å²) in [5.74, 6) is 0.122. The summed E-state index contributed by atoms with van der Waals surface area (Å²) in [5, 5.41) is 22.1. The van der Waals surface area contributed by atoms with E-state index in [9.17, 15) is 15.0 Å². The molecule has 2 N–H and O–H groups in total. The number of benzene rings is 3. The molecule has 1 heterocycles. The molecule has 7 heteroatoms. The van der Waals surface area contributed by atoms with Gasteiger partial charge in [0.2, 0.25) is 0 Å². The van der Waals surface area contributed by atoms with Gasteiger partial charge in [0.15, 0.2) is 0 Å². The minimum atomic E-state index is -0.911. The Morgan fingerprint density at radius 2 is 1.83 bits per heavy atom. The first kappa shape index (κ1) is 33.0. The van der Waals surface area contributed by atoms with E-state index < -0.39 is 11.6 Å². The van der Waals surface area contributed by atoms with Crippen LogP contribution in [-0.4, -0.2) is 64.7 Å². The molecular formula is C35H38CaClNO3S. The van der Waals surface area contributed by atoms with Crippen molar-refractivity contribution in [3.05, 3.63) is 112 Å². The molecule has 5 rings (SSSR count). The van der Waals surface area contributed by atoms with E-state index in [1.165, 1.54) is 5.56 Å². The summed E-state index contributed by atoms with van der Waals surface area (Å²) in [6.07, 6.45) is 8.02. The third-order valence-corrected chi connectivity index (χ3v) is 9.76. The molecule has 1 saturated carbocycles. The van der Waals surface area contributed by atoms with Gasteiger partial charge in [0, 0.05) is 21.4 Å². The molecule has 1 aliphatic carbocycles. The molecule has 4 aromatic rings. The Morgan fingerprint density at radius 3 is 2.57 bits per heavy atom. The van der Waals surface area contributed by atoms with Crippen molar-refractivity contribution in [1.29, 1.82) is 0 Å². The van der Waals surface area contributed by atoms with E-state index in [-0.39, 0.29) is 57.7 Å². The van der Waals surface area contributed by atoms with Crippen molar-refractivity contribution in [3.8, 4) is 0 Å². The number of nitrogens with zero attached hydrogens (tertiary/aromatic N) is 1. The number of aryl methyl sites for hydroxylation is 1. The monoisotopic (exact) mass is 627 g/mol. The SMILES string of the molecule is CC(C)(O)c1ccccc1CC[C@@H](SCC1(CC(=O)O)CC1)c1cccc(/C=C/c2ccc3ccc(Cl)cc3n2)c1.[Ca+2].[H-].[H-]. The number of aliphatic carboxylic acids is 1. The number of hydrogen-bond acceptors (Lipinski definition) is 4. The molecule has 1 aliphatic rings. The van der Waals surface area contributed by atoms with Crippen LogP contribution in [0.25, 0.3) is 23.1 Å². The third-order valence-electron chi connectivity index (χ3n) is 7.83. The zero-order valence-corrected chi connectivity index (χ0v) is 28.0. The van der Waals surface area contributed by atoms with Crippen LogP contribution >= 0.6 is 23.4 Å². The number of aliphatic hydroxyl groups is 1. The van der Waals surface area contributed by atoms with Gasteiger partial charge in [0.1, 0.15) is 0 Å². The summed E-state index contributed by atoms with van der Waals surface area (Å²) >= 11 is 8.04. The van der Waals surface area contributed by atoms with Crippen LogP contribution in [0.15, 0.2) is 78.9 Å². The van der Waals surface area contributed by atoms with Crippen molar-refractivity contribution in [3.63, 3.8) is 0 Å². The Morgan fingerprint density at radius 1 is 1.07 bits per heavy atom. The molecule has 4 nitrogen and oxygen atoms in total. The fourth-order valence-corrected chi connectivity index (χ4v) is 7.09. The molecule has 0 radical (unpaired) electrons. The van der Waals surface area contributed by atoms with Gasteiger partial charge in [-0.2, -0.15) is 11.8 Å². The number of halogens is 1. The number of pyridine rings is 1. The predicted octanol–water partition coefficient (Wildman–Crippen LogP) is 8.79. The Labute approximate surface area is 290 Å². The van der Waals surface area contributed by atoms with E-state index in [2.05, 4.69) is 42.5 Å². The van der Waals surface area contributed by atoms with Crippen molar-refractivity contribution in [1.82, 2.24) is 4.98 Å². The largest absolute Gasteiger partial charge is 2.00 e. The molecular weight excluding hydrogens is 590 g/mol. The molecule has 0 spiro atoms. The minimum Gasteiger partial charge on any atom is -1.00 e. The van der Waals surface area contributed by atoms with E-state index in [1.54, 1.807) is 0 Å². The van der Waals surface area contributed by atoms with Gasteiger partial charge in [-0.1, -0.05) is 78.3 Å². The third kappa shape index (κ3) is 8.84. The summed E-state index contributed by atoms with van der Waals surface area (Å²) in [6, 6.07) is 26.5. The number of thioether (sulfide) groups is 1. The Kier molecular flexibility index (Phi) is 11.2. The van der Waals surface area contributed by atoms with Crippen LogP contribution in [0, 0.1) is 5.41 Å². The first-order valence-corrected chi connectivity index (χ1v) is 15.5. The number of carboxylic acid groups (broad SMARTS) is 1. The van der Waals surface area contributed by atoms with Crippen LogP contribution in [0.1, 0.15) is 75.6 Å². The summed E-state index contributed by atoms with van der Waals surface area (Å²) in [4.78, 5) is 16.2. The second-order valence-corrected chi connectivity index (χ2v) is 13.3. The number of carboxylic acids is 1. The summed E-state index contributed by atoms with van der Waals surface area (Å²) in [5.41, 5.74) is 5.15. The average Bonchev–Trinajstić information content (AvgIpc) is 3.70. The average molecular weight is 628 g/mol. The van der Waals surface area contributed by atoms with E-state index >= 15 is 0 Å². The van der Waals surface area contributed by atoms with Crippen LogP contribution in [0.2, 0.25) is 5.02 Å². The van der Waals surface area contributed by atoms with E-state index in [1.807, 2.05) is 74.1 Å². The number of carbonyl (C=O) groups is 1. The fraction of sp³-hybridized carbons (Fsp3) is 0.314. The van der Waals surface area contributed by atoms with Crippen LogP contribution in [0.5, 0.6) is 0 Å². The number of fused-ring (bicyclic) bond motifs is 1. The second kappa shape index (κ2) is 14.3. The maximum Gasteiger partial charge on any atom is 2.00 e. The smallest absolute Gasteiger partial charge is 1.00 e. The van der Waals surface area contributed by atoms with Gasteiger partial charge in [0.25, 0.3) is 0 Å². The van der Waals surface area contributed by atoms with Gasteiger partial charge in [-0.3, -0.25) is 4.79 Å². The van der Waals surface area contributed by atoms with Crippen molar-refractivity contribution in [2.75, 3.05) is 5.75 Å². The molecule has 0 saturated heterocycles. The maximum absolute atomic E-state index is 11.5. The van der Waals surface area contributed by atoms with Crippen molar-refractivity contribution in [2.24, 2.45) is 5.41 Å². The molecule has 42 heavy (non-hydrogen) atoms. The van der Waals surface area contributed by atoms with Crippen LogP contribution in [0.3, 0.4) is 0 Å². The van der Waals surface area contributed by atoms with Crippen LogP contribution in [0.4, 0.5) is 0 Å². The Balaban J connectivity index is 0.00000225. The molecule has 1 aromatic heterocycles. The maximum atomic E-state index is 11.5. The standard InChI is InChI=1S/C35H36ClNO3S.Ca.2H/c1-34(2,40)30-9-4-3-7-25(30)13-17-32(41-23-35(18-19-35)22-33(38)39)27-8-5-6-24(20-27)10-15-29-16-12-26-11-14-28(36)21-31(26)37-29;;;/h3-12,14-16,20-21,32,40H,13,17-19,22-23H2,1-2H3,(H,38,39);;;/q;+2;2*-1/b15-10+;;;/t32-;;;/m1.../s1. The zero-order chi connectivity index (χ0) is 29.0. The molecule has 0 aliphatic heterocycles. The molecule has 1 fully saturated rings. The van der Waals surface area contributed by atoms with E-state index in [0.29, 0.717) is 5.02 Å². The number of aromatic nitrogens is 1. The van der Waals surface area contributed by atoms with Gasteiger partial charge in [0.05, 0.1) is 23.2 Å². The second-order valence-electron chi connectivity index (χ2n) is 11.7. The Bertz CT molecular complexity index is 1590. The molecule has 216 valence electrons. The van der Waals surface area contributed by atoms with E-state index in [0.717, 1.165) is 64.7 Å². The van der Waals surface area contributed by atoms with Crippen molar-refractivity contribution < 1.29 is 17.9 Å². The van der Waals surface area contributed by atoms with Gasteiger partial charge < -0.3 is 13.1 Å². The topological polar surface area (TPSA) is 70.4 Å². The summed E-state index contributed by atoms with van der Waals surface area (Å²) < 4.78 is 0. The normalized spacial score (nSPS) is 15.0. The van der Waals surface area contributed by atoms with Gasteiger partial charge >= 0.3 is 43.7 Å². The number of rotatable bonds is 12.